The van der Waals surface area contributed by atoms with Crippen molar-refractivity contribution in [2.75, 3.05) is 6.54 Å². The molecule has 0 saturated carbocycles. The second-order valence-electron chi connectivity index (χ2n) is 6.49. The van der Waals surface area contributed by atoms with Crippen LogP contribution in [0.2, 0.25) is 0 Å². The summed E-state index contributed by atoms with van der Waals surface area (Å²) in [6, 6.07) is 17.5. The van der Waals surface area contributed by atoms with Crippen LogP contribution in [0.3, 0.4) is 0 Å². The van der Waals surface area contributed by atoms with Gasteiger partial charge in [-0.15, -0.1) is 0 Å². The fraction of sp³-hybridized carbons (Fsp3) is 0.273. The molecule has 1 heteroatoms. The SMILES string of the molecule is C=C(NCC)C1(CC=C(C)C)c2ccccc2-c2ccccc21. The maximum absolute atomic E-state index is 4.43. The molecule has 1 aliphatic rings. The average molecular weight is 303 g/mol. The zero-order valence-corrected chi connectivity index (χ0v) is 14.3. The predicted molar refractivity (Wildman–Crippen MR) is 99.5 cm³/mol. The molecule has 0 bridgehead atoms. The summed E-state index contributed by atoms with van der Waals surface area (Å²) in [5.41, 5.74) is 7.66. The van der Waals surface area contributed by atoms with E-state index in [0.717, 1.165) is 18.7 Å². The molecule has 0 radical (unpaired) electrons. The molecular weight excluding hydrogens is 278 g/mol. The van der Waals surface area contributed by atoms with E-state index in [4.69, 9.17) is 0 Å². The quantitative estimate of drug-likeness (QED) is 0.726. The Morgan fingerprint density at radius 3 is 2.00 bits per heavy atom. The van der Waals surface area contributed by atoms with Crippen molar-refractivity contribution in [3.05, 3.63) is 83.6 Å². The number of hydrogen-bond acceptors (Lipinski definition) is 1. The van der Waals surface area contributed by atoms with Gasteiger partial charge in [0.2, 0.25) is 0 Å². The van der Waals surface area contributed by atoms with E-state index in [1.165, 1.54) is 27.8 Å². The molecule has 0 unspecified atom stereocenters. The van der Waals surface area contributed by atoms with Gasteiger partial charge in [0.1, 0.15) is 0 Å². The summed E-state index contributed by atoms with van der Waals surface area (Å²) in [5.74, 6) is 0. The van der Waals surface area contributed by atoms with Crippen molar-refractivity contribution in [2.45, 2.75) is 32.6 Å². The molecule has 2 aromatic rings. The highest BCUT2D eigenvalue weighted by Gasteiger charge is 2.44. The second kappa shape index (κ2) is 6.08. The molecule has 1 aliphatic carbocycles. The number of fused-ring (bicyclic) bond motifs is 3. The molecule has 118 valence electrons. The molecule has 23 heavy (non-hydrogen) atoms. The summed E-state index contributed by atoms with van der Waals surface area (Å²) in [6.07, 6.45) is 3.27. The monoisotopic (exact) mass is 303 g/mol. The van der Waals surface area contributed by atoms with E-state index in [1.54, 1.807) is 0 Å². The summed E-state index contributed by atoms with van der Waals surface area (Å²) < 4.78 is 0. The Bertz CT molecular complexity index is 718. The molecule has 0 heterocycles. The Labute approximate surface area is 139 Å². The standard InChI is InChI=1S/C22H25N/c1-5-23-17(4)22(15-14-16(2)3)20-12-8-6-10-18(20)19-11-7-9-13-21(19)22/h6-14,23H,4-5,15H2,1-3H3. The van der Waals surface area contributed by atoms with Crippen molar-refractivity contribution in [1.29, 1.82) is 0 Å². The molecule has 0 saturated heterocycles. The third-order valence-corrected chi connectivity index (χ3v) is 4.79. The number of hydrogen-bond donors (Lipinski definition) is 1. The van der Waals surface area contributed by atoms with Crippen LogP contribution in [-0.4, -0.2) is 6.54 Å². The van der Waals surface area contributed by atoms with E-state index in [1.807, 2.05) is 0 Å². The second-order valence-corrected chi connectivity index (χ2v) is 6.49. The first-order valence-electron chi connectivity index (χ1n) is 8.37. The van der Waals surface area contributed by atoms with Gasteiger partial charge in [-0.1, -0.05) is 66.8 Å². The highest BCUT2D eigenvalue weighted by molar-refractivity contribution is 5.83. The van der Waals surface area contributed by atoms with Gasteiger partial charge in [-0.3, -0.25) is 0 Å². The smallest absolute Gasteiger partial charge is 0.0638 e. The number of likely N-dealkylation sites (N-methyl/N-ethyl adjacent to an activating group) is 1. The van der Waals surface area contributed by atoms with Crippen LogP contribution in [0.4, 0.5) is 0 Å². The summed E-state index contributed by atoms with van der Waals surface area (Å²) >= 11 is 0. The average Bonchev–Trinajstić information content (AvgIpc) is 2.85. The topological polar surface area (TPSA) is 12.0 Å². The van der Waals surface area contributed by atoms with E-state index in [2.05, 4.69) is 87.3 Å². The molecule has 0 amide bonds. The normalized spacial score (nSPS) is 13.9. The third-order valence-electron chi connectivity index (χ3n) is 4.79. The molecule has 0 aliphatic heterocycles. The third kappa shape index (κ3) is 2.41. The lowest BCUT2D eigenvalue weighted by Crippen LogP contribution is -2.34. The first-order valence-corrected chi connectivity index (χ1v) is 8.37. The van der Waals surface area contributed by atoms with Crippen LogP contribution in [0.15, 0.2) is 72.5 Å². The van der Waals surface area contributed by atoms with Crippen LogP contribution < -0.4 is 5.32 Å². The molecule has 0 spiro atoms. The van der Waals surface area contributed by atoms with E-state index in [0.29, 0.717) is 0 Å². The largest absolute Gasteiger partial charge is 0.388 e. The fourth-order valence-corrected chi connectivity index (χ4v) is 3.72. The van der Waals surface area contributed by atoms with E-state index in [9.17, 15) is 0 Å². The molecule has 1 nitrogen and oxygen atoms in total. The minimum Gasteiger partial charge on any atom is -0.388 e. The highest BCUT2D eigenvalue weighted by Crippen LogP contribution is 2.53. The first kappa shape index (κ1) is 15.6. The van der Waals surface area contributed by atoms with Gasteiger partial charge in [0.15, 0.2) is 0 Å². The van der Waals surface area contributed by atoms with Crippen LogP contribution in [-0.2, 0) is 5.41 Å². The molecule has 1 N–H and O–H groups in total. The van der Waals surface area contributed by atoms with Crippen molar-refractivity contribution in [3.63, 3.8) is 0 Å². The Kier molecular flexibility index (Phi) is 4.12. The Morgan fingerprint density at radius 2 is 1.52 bits per heavy atom. The van der Waals surface area contributed by atoms with Crippen LogP contribution in [0.5, 0.6) is 0 Å². The summed E-state index contributed by atoms with van der Waals surface area (Å²) in [4.78, 5) is 0. The fourth-order valence-electron chi connectivity index (χ4n) is 3.72. The van der Waals surface area contributed by atoms with Crippen LogP contribution in [0, 0.1) is 0 Å². The lowest BCUT2D eigenvalue weighted by atomic mass is 9.72. The van der Waals surface area contributed by atoms with Gasteiger partial charge in [-0.05, 0) is 49.4 Å². The minimum atomic E-state index is -0.180. The van der Waals surface area contributed by atoms with Crippen molar-refractivity contribution in [2.24, 2.45) is 0 Å². The Morgan fingerprint density at radius 1 is 1.00 bits per heavy atom. The van der Waals surface area contributed by atoms with Gasteiger partial charge in [-0.2, -0.15) is 0 Å². The highest BCUT2D eigenvalue weighted by atomic mass is 14.9. The van der Waals surface area contributed by atoms with Crippen molar-refractivity contribution >= 4 is 0 Å². The van der Waals surface area contributed by atoms with Crippen molar-refractivity contribution in [3.8, 4) is 11.1 Å². The number of rotatable bonds is 5. The molecule has 0 aromatic heterocycles. The Balaban J connectivity index is 2.29. The van der Waals surface area contributed by atoms with E-state index < -0.39 is 0 Å². The maximum atomic E-state index is 4.43. The zero-order chi connectivity index (χ0) is 16.4. The van der Waals surface area contributed by atoms with Crippen molar-refractivity contribution < 1.29 is 0 Å². The van der Waals surface area contributed by atoms with Crippen LogP contribution in [0.25, 0.3) is 11.1 Å². The minimum absolute atomic E-state index is 0.180. The van der Waals surface area contributed by atoms with Gasteiger partial charge in [0, 0.05) is 12.2 Å². The molecular formula is C22H25N. The van der Waals surface area contributed by atoms with Gasteiger partial charge >= 0.3 is 0 Å². The van der Waals surface area contributed by atoms with Crippen molar-refractivity contribution in [1.82, 2.24) is 5.32 Å². The number of benzene rings is 2. The van der Waals surface area contributed by atoms with Crippen LogP contribution >= 0.6 is 0 Å². The lowest BCUT2D eigenvalue weighted by Gasteiger charge is -2.34. The van der Waals surface area contributed by atoms with Gasteiger partial charge in [-0.25, -0.2) is 0 Å². The zero-order valence-electron chi connectivity index (χ0n) is 14.3. The molecule has 2 aromatic carbocycles. The summed E-state index contributed by atoms with van der Waals surface area (Å²) in [7, 11) is 0. The van der Waals surface area contributed by atoms with Gasteiger partial charge in [0.05, 0.1) is 5.41 Å². The van der Waals surface area contributed by atoms with E-state index in [-0.39, 0.29) is 5.41 Å². The lowest BCUT2D eigenvalue weighted by molar-refractivity contribution is 0.573. The predicted octanol–water partition coefficient (Wildman–Crippen LogP) is 5.43. The maximum Gasteiger partial charge on any atom is 0.0638 e. The molecule has 3 rings (SSSR count). The molecule has 0 fully saturated rings. The summed E-state index contributed by atoms with van der Waals surface area (Å²) in [5, 5.41) is 3.51. The summed E-state index contributed by atoms with van der Waals surface area (Å²) in [6.45, 7) is 11.8. The first-order chi connectivity index (χ1) is 11.1. The molecule has 0 atom stereocenters. The van der Waals surface area contributed by atoms with Crippen LogP contribution in [0.1, 0.15) is 38.3 Å². The van der Waals surface area contributed by atoms with E-state index >= 15 is 0 Å². The van der Waals surface area contributed by atoms with Gasteiger partial charge in [0.25, 0.3) is 0 Å². The number of nitrogens with one attached hydrogen (secondary N) is 1. The Hall–Kier alpha value is -2.28. The number of allylic oxidation sites excluding steroid dienone is 3. The van der Waals surface area contributed by atoms with Gasteiger partial charge < -0.3 is 5.32 Å².